The summed E-state index contributed by atoms with van der Waals surface area (Å²) in [4.78, 5) is 15.2. The molecule has 2 saturated heterocycles. The molecular weight excluding hydrogens is 442 g/mol. The Bertz CT molecular complexity index is 1090. The van der Waals surface area contributed by atoms with Crippen LogP contribution in [0.25, 0.3) is 0 Å². The van der Waals surface area contributed by atoms with Crippen molar-refractivity contribution in [2.75, 3.05) is 18.0 Å². The summed E-state index contributed by atoms with van der Waals surface area (Å²) < 4.78 is 81.9. The van der Waals surface area contributed by atoms with E-state index >= 15 is 0 Å². The van der Waals surface area contributed by atoms with E-state index in [4.69, 9.17) is 0 Å². The molecule has 0 bridgehead atoms. The van der Waals surface area contributed by atoms with Crippen LogP contribution in [0.15, 0.2) is 53.4 Å². The fraction of sp³-hybridized carbons (Fsp3) is 0.316. The Morgan fingerprint density at radius 2 is 1.71 bits per heavy atom. The van der Waals surface area contributed by atoms with Gasteiger partial charge in [0, 0.05) is 24.8 Å². The summed E-state index contributed by atoms with van der Waals surface area (Å²) in [6, 6.07) is 8.68. The van der Waals surface area contributed by atoms with E-state index in [1.165, 1.54) is 34.1 Å². The average Bonchev–Trinajstić information content (AvgIpc) is 3.19. The highest BCUT2D eigenvalue weighted by Gasteiger charge is 2.45. The van der Waals surface area contributed by atoms with Crippen LogP contribution in [-0.2, 0) is 10.0 Å². The summed E-state index contributed by atoms with van der Waals surface area (Å²) >= 11 is 0. The second kappa shape index (κ2) is 7.68. The fourth-order valence-corrected chi connectivity index (χ4v) is 5.16. The number of anilines is 1. The molecule has 12 heteroatoms. The number of hydrogen-bond acceptors (Lipinski definition) is 4. The molecule has 2 aromatic rings. The highest BCUT2D eigenvalue weighted by atomic mass is 32.2. The van der Waals surface area contributed by atoms with Gasteiger partial charge in [-0.05, 0) is 42.8 Å². The number of carbonyl (C=O) groups excluding carboxylic acids is 1. The van der Waals surface area contributed by atoms with Crippen molar-refractivity contribution in [1.29, 1.82) is 0 Å². The lowest BCUT2D eigenvalue weighted by Gasteiger charge is -2.20. The number of benzene rings is 2. The van der Waals surface area contributed by atoms with Gasteiger partial charge in [0.15, 0.2) is 0 Å². The largest absolute Gasteiger partial charge is 0.573 e. The first-order chi connectivity index (χ1) is 14.5. The number of ether oxygens (including phenoxy) is 1. The van der Waals surface area contributed by atoms with Crippen molar-refractivity contribution in [2.24, 2.45) is 0 Å². The molecular formula is C19H17F4N3O4S. The van der Waals surface area contributed by atoms with Crippen molar-refractivity contribution >= 4 is 21.7 Å². The number of fused-ring (bicyclic) bond motifs is 1. The summed E-state index contributed by atoms with van der Waals surface area (Å²) in [7, 11) is -4.09. The fourth-order valence-electron chi connectivity index (χ4n) is 3.84. The van der Waals surface area contributed by atoms with Crippen LogP contribution in [0.5, 0.6) is 5.75 Å². The quantitative estimate of drug-likeness (QED) is 0.698. The molecule has 2 aliphatic heterocycles. The van der Waals surface area contributed by atoms with Gasteiger partial charge in [-0.25, -0.2) is 22.3 Å². The molecule has 31 heavy (non-hydrogen) atoms. The predicted molar refractivity (Wildman–Crippen MR) is 101 cm³/mol. The van der Waals surface area contributed by atoms with Crippen LogP contribution in [0.1, 0.15) is 6.42 Å². The first kappa shape index (κ1) is 21.4. The van der Waals surface area contributed by atoms with Crippen LogP contribution in [-0.4, -0.2) is 50.9 Å². The van der Waals surface area contributed by atoms with Gasteiger partial charge in [0.25, 0.3) is 0 Å². The Labute approximate surface area is 175 Å². The topological polar surface area (TPSA) is 79.0 Å². The number of carbonyl (C=O) groups is 1. The molecule has 2 amide bonds. The van der Waals surface area contributed by atoms with E-state index < -0.39 is 38.9 Å². The van der Waals surface area contributed by atoms with E-state index in [1.807, 2.05) is 0 Å². The zero-order chi connectivity index (χ0) is 22.4. The summed E-state index contributed by atoms with van der Waals surface area (Å²) in [6.07, 6.45) is -4.48. The molecule has 2 atom stereocenters. The zero-order valence-corrected chi connectivity index (χ0v) is 16.7. The third-order valence-electron chi connectivity index (χ3n) is 5.11. The van der Waals surface area contributed by atoms with Gasteiger partial charge in [0.2, 0.25) is 10.0 Å². The third-order valence-corrected chi connectivity index (χ3v) is 6.67. The van der Waals surface area contributed by atoms with Crippen LogP contribution in [0.4, 0.5) is 28.0 Å². The first-order valence-corrected chi connectivity index (χ1v) is 10.7. The van der Waals surface area contributed by atoms with Crippen molar-refractivity contribution in [2.45, 2.75) is 29.8 Å². The Morgan fingerprint density at radius 1 is 1.03 bits per heavy atom. The Hall–Kier alpha value is -2.86. The van der Waals surface area contributed by atoms with Crippen LogP contribution < -0.4 is 14.4 Å². The van der Waals surface area contributed by atoms with Crippen LogP contribution in [0.2, 0.25) is 0 Å². The number of nitrogens with one attached hydrogen (secondary N) is 1. The number of amides is 2. The number of sulfonamides is 1. The van der Waals surface area contributed by atoms with Crippen LogP contribution in [0, 0.1) is 5.82 Å². The monoisotopic (exact) mass is 459 g/mol. The molecule has 0 radical (unpaired) electrons. The van der Waals surface area contributed by atoms with Crippen LogP contribution in [0.3, 0.4) is 0 Å². The zero-order valence-electron chi connectivity index (χ0n) is 15.8. The maximum Gasteiger partial charge on any atom is 0.573 e. The molecule has 2 aromatic carbocycles. The minimum absolute atomic E-state index is 0.100. The first-order valence-electron chi connectivity index (χ1n) is 9.24. The van der Waals surface area contributed by atoms with E-state index in [-0.39, 0.29) is 25.2 Å². The molecule has 1 N–H and O–H groups in total. The molecule has 4 rings (SSSR count). The number of hydrogen-bond donors (Lipinski definition) is 1. The maximum absolute atomic E-state index is 13.8. The molecule has 2 fully saturated rings. The van der Waals surface area contributed by atoms with Crippen molar-refractivity contribution in [3.63, 3.8) is 0 Å². The second-order valence-electron chi connectivity index (χ2n) is 7.23. The lowest BCUT2D eigenvalue weighted by atomic mass is 10.2. The Balaban J connectivity index is 1.41. The standard InChI is InChI=1S/C19H17F4N3O4S/c20-16-3-1-2-4-17(16)31(28,29)24-12-9-14-11-26(18(27)25(14)10-12)13-5-7-15(8-6-13)30-19(21,22)23/h1-8,12,14,24H,9-11H2/t12-,14-/m0/s1. The molecule has 0 unspecified atom stereocenters. The Morgan fingerprint density at radius 3 is 2.32 bits per heavy atom. The number of urea groups is 1. The van der Waals surface area contributed by atoms with E-state index in [0.29, 0.717) is 12.1 Å². The average molecular weight is 459 g/mol. The minimum Gasteiger partial charge on any atom is -0.406 e. The highest BCUT2D eigenvalue weighted by Crippen LogP contribution is 2.32. The van der Waals surface area contributed by atoms with Crippen molar-refractivity contribution < 1.29 is 35.5 Å². The minimum atomic E-state index is -4.81. The van der Waals surface area contributed by atoms with E-state index in [1.54, 1.807) is 0 Å². The molecule has 0 spiro atoms. The smallest absolute Gasteiger partial charge is 0.406 e. The van der Waals surface area contributed by atoms with E-state index in [2.05, 4.69) is 9.46 Å². The molecule has 2 aliphatic rings. The van der Waals surface area contributed by atoms with Crippen molar-refractivity contribution in [1.82, 2.24) is 9.62 Å². The van der Waals surface area contributed by atoms with Gasteiger partial charge in [-0.2, -0.15) is 0 Å². The Kier molecular flexibility index (Phi) is 5.30. The summed E-state index contributed by atoms with van der Waals surface area (Å²) in [5.74, 6) is -1.26. The van der Waals surface area contributed by atoms with E-state index in [9.17, 15) is 30.8 Å². The van der Waals surface area contributed by atoms with Gasteiger partial charge in [-0.1, -0.05) is 12.1 Å². The highest BCUT2D eigenvalue weighted by molar-refractivity contribution is 7.89. The molecule has 2 heterocycles. The lowest BCUT2D eigenvalue weighted by Crippen LogP contribution is -2.40. The van der Waals surface area contributed by atoms with Gasteiger partial charge in [-0.3, -0.25) is 4.90 Å². The summed E-state index contributed by atoms with van der Waals surface area (Å²) in [5, 5.41) is 0. The van der Waals surface area contributed by atoms with Gasteiger partial charge in [0.05, 0.1) is 6.04 Å². The third kappa shape index (κ3) is 4.44. The van der Waals surface area contributed by atoms with Gasteiger partial charge >= 0.3 is 12.4 Å². The van der Waals surface area contributed by atoms with E-state index in [0.717, 1.165) is 24.3 Å². The number of alkyl halides is 3. The lowest BCUT2D eigenvalue weighted by molar-refractivity contribution is -0.274. The number of nitrogens with zero attached hydrogens (tertiary/aromatic N) is 2. The molecule has 0 aromatic heterocycles. The van der Waals surface area contributed by atoms with Gasteiger partial charge < -0.3 is 9.64 Å². The maximum atomic E-state index is 13.8. The molecule has 166 valence electrons. The second-order valence-corrected chi connectivity index (χ2v) is 8.91. The van der Waals surface area contributed by atoms with Crippen molar-refractivity contribution in [3.8, 4) is 5.75 Å². The van der Waals surface area contributed by atoms with Gasteiger partial charge in [0.1, 0.15) is 16.5 Å². The molecule has 7 nitrogen and oxygen atoms in total. The van der Waals surface area contributed by atoms with Crippen LogP contribution >= 0.6 is 0 Å². The SMILES string of the molecule is O=C1N(c2ccc(OC(F)(F)F)cc2)C[C@@H]2C[C@H](NS(=O)(=O)c3ccccc3F)CN12. The number of halogens is 4. The summed E-state index contributed by atoms with van der Waals surface area (Å²) in [6.45, 7) is 0.346. The predicted octanol–water partition coefficient (Wildman–Crippen LogP) is 3.09. The molecule has 0 aliphatic carbocycles. The summed E-state index contributed by atoms with van der Waals surface area (Å²) in [5.41, 5.74) is 0.400. The number of rotatable bonds is 5. The van der Waals surface area contributed by atoms with Gasteiger partial charge in [-0.15, -0.1) is 13.2 Å². The normalized spacial score (nSPS) is 21.5. The van der Waals surface area contributed by atoms with Crippen molar-refractivity contribution in [3.05, 3.63) is 54.3 Å². The molecule has 0 saturated carbocycles.